The summed E-state index contributed by atoms with van der Waals surface area (Å²) < 4.78 is 0. The standard InChI is InChI=1S/C12H16Cl2N2/c13-9-4-5-12(10(14)6-9)16-11-3-1-2-8(11)7-15/h4-6,8,11,16H,1-3,7,15H2. The molecule has 16 heavy (non-hydrogen) atoms. The molecule has 1 fully saturated rings. The third kappa shape index (κ3) is 2.62. The zero-order valence-corrected chi connectivity index (χ0v) is 10.6. The number of nitrogens with two attached hydrogens (primary N) is 1. The molecule has 0 heterocycles. The topological polar surface area (TPSA) is 38.0 Å². The molecule has 0 saturated heterocycles. The molecule has 88 valence electrons. The Hall–Kier alpha value is -0.440. The minimum Gasteiger partial charge on any atom is -0.381 e. The number of anilines is 1. The summed E-state index contributed by atoms with van der Waals surface area (Å²) in [6.07, 6.45) is 3.62. The quantitative estimate of drug-likeness (QED) is 0.871. The minimum absolute atomic E-state index is 0.448. The fourth-order valence-electron chi connectivity index (χ4n) is 2.32. The molecule has 0 bridgehead atoms. The van der Waals surface area contributed by atoms with Crippen LogP contribution in [0.25, 0.3) is 0 Å². The Kier molecular flexibility index (Phi) is 3.95. The van der Waals surface area contributed by atoms with Crippen molar-refractivity contribution >= 4 is 28.9 Å². The molecule has 2 unspecified atom stereocenters. The summed E-state index contributed by atoms with van der Waals surface area (Å²) in [5, 5.41) is 4.81. The van der Waals surface area contributed by atoms with Crippen molar-refractivity contribution < 1.29 is 0 Å². The lowest BCUT2D eigenvalue weighted by atomic mass is 10.0. The van der Waals surface area contributed by atoms with E-state index in [1.165, 1.54) is 19.3 Å². The Morgan fingerprint density at radius 3 is 2.81 bits per heavy atom. The smallest absolute Gasteiger partial charge is 0.0652 e. The predicted molar refractivity (Wildman–Crippen MR) is 70.3 cm³/mol. The van der Waals surface area contributed by atoms with Gasteiger partial charge < -0.3 is 11.1 Å². The molecular weight excluding hydrogens is 243 g/mol. The molecule has 3 N–H and O–H groups in total. The van der Waals surface area contributed by atoms with Crippen LogP contribution in [0.5, 0.6) is 0 Å². The van der Waals surface area contributed by atoms with Gasteiger partial charge in [0, 0.05) is 11.1 Å². The van der Waals surface area contributed by atoms with Crippen LogP contribution in [0.3, 0.4) is 0 Å². The molecule has 0 aromatic heterocycles. The van der Waals surface area contributed by atoms with E-state index >= 15 is 0 Å². The molecule has 0 radical (unpaired) electrons. The van der Waals surface area contributed by atoms with Crippen molar-refractivity contribution in [3.63, 3.8) is 0 Å². The molecule has 0 amide bonds. The van der Waals surface area contributed by atoms with Gasteiger partial charge in [0.15, 0.2) is 0 Å². The van der Waals surface area contributed by atoms with Crippen molar-refractivity contribution in [1.29, 1.82) is 0 Å². The minimum atomic E-state index is 0.448. The van der Waals surface area contributed by atoms with E-state index in [-0.39, 0.29) is 0 Å². The highest BCUT2D eigenvalue weighted by Gasteiger charge is 2.26. The van der Waals surface area contributed by atoms with Gasteiger partial charge in [-0.3, -0.25) is 0 Å². The molecule has 2 rings (SSSR count). The van der Waals surface area contributed by atoms with Gasteiger partial charge in [0.2, 0.25) is 0 Å². The van der Waals surface area contributed by atoms with E-state index in [0.717, 1.165) is 12.2 Å². The van der Waals surface area contributed by atoms with Crippen molar-refractivity contribution in [2.24, 2.45) is 11.7 Å². The average Bonchev–Trinajstić information content (AvgIpc) is 2.69. The highest BCUT2D eigenvalue weighted by Crippen LogP contribution is 2.31. The number of hydrogen-bond donors (Lipinski definition) is 2. The van der Waals surface area contributed by atoms with Crippen LogP contribution in [0.15, 0.2) is 18.2 Å². The number of halogens is 2. The largest absolute Gasteiger partial charge is 0.381 e. The van der Waals surface area contributed by atoms with Gasteiger partial charge in [0.1, 0.15) is 0 Å². The van der Waals surface area contributed by atoms with Crippen LogP contribution in [0.4, 0.5) is 5.69 Å². The number of rotatable bonds is 3. The summed E-state index contributed by atoms with van der Waals surface area (Å²) in [5.74, 6) is 0.562. The lowest BCUT2D eigenvalue weighted by Crippen LogP contribution is -2.29. The first-order chi connectivity index (χ1) is 7.70. The van der Waals surface area contributed by atoms with Crippen molar-refractivity contribution in [3.8, 4) is 0 Å². The molecule has 0 spiro atoms. The first-order valence-corrected chi connectivity index (χ1v) is 6.38. The summed E-state index contributed by atoms with van der Waals surface area (Å²) in [6.45, 7) is 0.739. The van der Waals surface area contributed by atoms with Crippen LogP contribution in [0.1, 0.15) is 19.3 Å². The van der Waals surface area contributed by atoms with Crippen LogP contribution >= 0.6 is 23.2 Å². The zero-order chi connectivity index (χ0) is 11.5. The van der Waals surface area contributed by atoms with Crippen molar-refractivity contribution in [1.82, 2.24) is 0 Å². The highest BCUT2D eigenvalue weighted by molar-refractivity contribution is 6.36. The van der Waals surface area contributed by atoms with Crippen LogP contribution in [-0.2, 0) is 0 Å². The van der Waals surface area contributed by atoms with E-state index in [1.807, 2.05) is 12.1 Å². The Morgan fingerprint density at radius 1 is 1.31 bits per heavy atom. The SMILES string of the molecule is NCC1CCCC1Nc1ccc(Cl)cc1Cl. The summed E-state index contributed by atoms with van der Waals surface area (Å²) in [5.41, 5.74) is 6.70. The molecule has 1 aliphatic rings. The number of nitrogens with one attached hydrogen (secondary N) is 1. The molecule has 1 aromatic carbocycles. The Labute approximate surface area is 106 Å². The van der Waals surface area contributed by atoms with Gasteiger partial charge in [-0.15, -0.1) is 0 Å². The summed E-state index contributed by atoms with van der Waals surface area (Å²) in [4.78, 5) is 0. The monoisotopic (exact) mass is 258 g/mol. The van der Waals surface area contributed by atoms with Gasteiger partial charge in [-0.25, -0.2) is 0 Å². The third-order valence-electron chi connectivity index (χ3n) is 3.23. The second kappa shape index (κ2) is 5.26. The van der Waals surface area contributed by atoms with E-state index in [0.29, 0.717) is 22.0 Å². The fourth-order valence-corrected chi connectivity index (χ4v) is 2.78. The Bertz CT molecular complexity index is 368. The highest BCUT2D eigenvalue weighted by atomic mass is 35.5. The van der Waals surface area contributed by atoms with E-state index in [9.17, 15) is 0 Å². The second-order valence-electron chi connectivity index (χ2n) is 4.30. The first-order valence-electron chi connectivity index (χ1n) is 5.62. The van der Waals surface area contributed by atoms with Gasteiger partial charge in [-0.2, -0.15) is 0 Å². The maximum atomic E-state index is 6.12. The summed E-state index contributed by atoms with van der Waals surface area (Å²) in [7, 11) is 0. The average molecular weight is 259 g/mol. The maximum Gasteiger partial charge on any atom is 0.0652 e. The fraction of sp³-hybridized carbons (Fsp3) is 0.500. The molecule has 1 saturated carbocycles. The molecule has 2 nitrogen and oxygen atoms in total. The lowest BCUT2D eigenvalue weighted by Gasteiger charge is -2.21. The Balaban J connectivity index is 2.08. The zero-order valence-electron chi connectivity index (χ0n) is 9.05. The van der Waals surface area contributed by atoms with Crippen LogP contribution in [-0.4, -0.2) is 12.6 Å². The summed E-state index contributed by atoms with van der Waals surface area (Å²) in [6, 6.07) is 5.99. The van der Waals surface area contributed by atoms with Crippen molar-refractivity contribution in [2.45, 2.75) is 25.3 Å². The maximum absolute atomic E-state index is 6.12. The second-order valence-corrected chi connectivity index (χ2v) is 5.15. The molecule has 1 aromatic rings. The van der Waals surface area contributed by atoms with Crippen molar-refractivity contribution in [2.75, 3.05) is 11.9 Å². The van der Waals surface area contributed by atoms with Gasteiger partial charge in [0.05, 0.1) is 10.7 Å². The number of hydrogen-bond acceptors (Lipinski definition) is 2. The number of benzene rings is 1. The van der Waals surface area contributed by atoms with E-state index in [2.05, 4.69) is 5.32 Å². The van der Waals surface area contributed by atoms with Crippen molar-refractivity contribution in [3.05, 3.63) is 28.2 Å². The molecule has 2 atom stereocenters. The van der Waals surface area contributed by atoms with E-state index in [1.54, 1.807) is 6.07 Å². The molecule has 0 aliphatic heterocycles. The third-order valence-corrected chi connectivity index (χ3v) is 3.78. The van der Waals surface area contributed by atoms with Gasteiger partial charge in [0.25, 0.3) is 0 Å². The van der Waals surface area contributed by atoms with Gasteiger partial charge in [-0.1, -0.05) is 29.6 Å². The predicted octanol–water partition coefficient (Wildman–Crippen LogP) is 3.53. The van der Waals surface area contributed by atoms with Gasteiger partial charge >= 0.3 is 0 Å². The van der Waals surface area contributed by atoms with Crippen LogP contribution < -0.4 is 11.1 Å². The van der Waals surface area contributed by atoms with Gasteiger partial charge in [-0.05, 0) is 43.5 Å². The van der Waals surface area contributed by atoms with E-state index in [4.69, 9.17) is 28.9 Å². The lowest BCUT2D eigenvalue weighted by molar-refractivity contribution is 0.516. The van der Waals surface area contributed by atoms with Crippen LogP contribution in [0.2, 0.25) is 10.0 Å². The Morgan fingerprint density at radius 2 is 2.12 bits per heavy atom. The molecule has 4 heteroatoms. The normalized spacial score (nSPS) is 24.7. The first kappa shape index (κ1) is 12.0. The molecular formula is C12H16Cl2N2. The summed E-state index contributed by atoms with van der Waals surface area (Å²) >= 11 is 12.0. The molecule has 1 aliphatic carbocycles. The van der Waals surface area contributed by atoms with Crippen LogP contribution in [0, 0.1) is 5.92 Å². The van der Waals surface area contributed by atoms with E-state index < -0.39 is 0 Å².